The van der Waals surface area contributed by atoms with Crippen LogP contribution in [0.4, 0.5) is 0 Å². The van der Waals surface area contributed by atoms with Gasteiger partial charge < -0.3 is 0 Å². The first-order chi connectivity index (χ1) is 5.48. The summed E-state index contributed by atoms with van der Waals surface area (Å²) in [7, 11) is 0. The third-order valence-electron chi connectivity index (χ3n) is 3.15. The van der Waals surface area contributed by atoms with E-state index in [1.807, 2.05) is 0 Å². The lowest BCUT2D eigenvalue weighted by molar-refractivity contribution is 0.350. The molecule has 2 rings (SSSR count). The Hall–Kier alpha value is 1.35. The molecule has 0 aromatic heterocycles. The SMILES string of the molecule is ClC(Cl)(Cl)[C@H]1CC2CC1[C@@H](Br)C2. The highest BCUT2D eigenvalue weighted by Crippen LogP contribution is 2.58. The summed E-state index contributed by atoms with van der Waals surface area (Å²) >= 11 is 21.4. The van der Waals surface area contributed by atoms with Crippen LogP contribution in [0.1, 0.15) is 19.3 Å². The first kappa shape index (κ1) is 9.89. The Balaban J connectivity index is 2.12. The van der Waals surface area contributed by atoms with E-state index in [-0.39, 0.29) is 5.92 Å². The first-order valence-corrected chi connectivity index (χ1v) is 6.24. The summed E-state index contributed by atoms with van der Waals surface area (Å²) in [6.07, 6.45) is 3.61. The second kappa shape index (κ2) is 3.18. The Labute approximate surface area is 96.1 Å². The average Bonchev–Trinajstić information content (AvgIpc) is 2.41. The van der Waals surface area contributed by atoms with Crippen LogP contribution in [-0.4, -0.2) is 8.62 Å². The predicted molar refractivity (Wildman–Crippen MR) is 57.3 cm³/mol. The van der Waals surface area contributed by atoms with E-state index in [0.29, 0.717) is 10.7 Å². The molecule has 2 fully saturated rings. The molecule has 2 saturated carbocycles. The highest BCUT2D eigenvalue weighted by Gasteiger charge is 2.52. The smallest absolute Gasteiger partial charge is 0.0887 e. The second-order valence-electron chi connectivity index (χ2n) is 3.90. The molecule has 0 N–H and O–H groups in total. The Morgan fingerprint density at radius 2 is 1.75 bits per heavy atom. The van der Waals surface area contributed by atoms with Crippen molar-refractivity contribution in [1.82, 2.24) is 0 Å². The van der Waals surface area contributed by atoms with Gasteiger partial charge in [0.15, 0.2) is 3.79 Å². The number of hydrogen-bond donors (Lipinski definition) is 0. The van der Waals surface area contributed by atoms with Gasteiger partial charge in [0.1, 0.15) is 0 Å². The van der Waals surface area contributed by atoms with E-state index in [0.717, 1.165) is 12.3 Å². The van der Waals surface area contributed by atoms with Crippen molar-refractivity contribution >= 4 is 50.7 Å². The Kier molecular flexibility index (Phi) is 2.62. The fourth-order valence-electron chi connectivity index (χ4n) is 2.64. The Bertz CT molecular complexity index is 189. The van der Waals surface area contributed by atoms with E-state index in [2.05, 4.69) is 15.9 Å². The van der Waals surface area contributed by atoms with Crippen molar-refractivity contribution in [1.29, 1.82) is 0 Å². The molecule has 12 heavy (non-hydrogen) atoms. The van der Waals surface area contributed by atoms with E-state index < -0.39 is 3.79 Å². The van der Waals surface area contributed by atoms with E-state index in [4.69, 9.17) is 34.8 Å². The maximum absolute atomic E-state index is 5.91. The van der Waals surface area contributed by atoms with Crippen molar-refractivity contribution in [2.75, 3.05) is 0 Å². The van der Waals surface area contributed by atoms with Gasteiger partial charge in [-0.15, -0.1) is 0 Å². The van der Waals surface area contributed by atoms with Gasteiger partial charge in [-0.05, 0) is 31.1 Å². The molecule has 0 saturated heterocycles. The minimum Gasteiger partial charge on any atom is -0.0887 e. The van der Waals surface area contributed by atoms with Crippen molar-refractivity contribution in [3.05, 3.63) is 0 Å². The molecule has 0 spiro atoms. The van der Waals surface area contributed by atoms with Crippen LogP contribution in [-0.2, 0) is 0 Å². The number of alkyl halides is 4. The summed E-state index contributed by atoms with van der Waals surface area (Å²) in [6, 6.07) is 0. The summed E-state index contributed by atoms with van der Waals surface area (Å²) < 4.78 is -1.05. The molecule has 0 aliphatic heterocycles. The van der Waals surface area contributed by atoms with Gasteiger partial charge in [0, 0.05) is 10.7 Å². The number of fused-ring (bicyclic) bond motifs is 2. The average molecular weight is 292 g/mol. The highest BCUT2D eigenvalue weighted by molar-refractivity contribution is 9.09. The largest absolute Gasteiger partial charge is 0.193 e. The summed E-state index contributed by atoms with van der Waals surface area (Å²) in [6.45, 7) is 0. The molecular weight excluding hydrogens is 282 g/mol. The van der Waals surface area contributed by atoms with Crippen LogP contribution in [0.15, 0.2) is 0 Å². The molecule has 0 nitrogen and oxygen atoms in total. The van der Waals surface area contributed by atoms with Gasteiger partial charge in [0.05, 0.1) is 0 Å². The van der Waals surface area contributed by atoms with Crippen LogP contribution in [0.2, 0.25) is 0 Å². The predicted octanol–water partition coefficient (Wildman–Crippen LogP) is 4.17. The monoisotopic (exact) mass is 290 g/mol. The molecule has 0 amide bonds. The van der Waals surface area contributed by atoms with Gasteiger partial charge in [-0.1, -0.05) is 50.7 Å². The molecule has 4 heteroatoms. The molecule has 0 aromatic rings. The Morgan fingerprint density at radius 3 is 2.08 bits per heavy atom. The molecular formula is C8H10BrCl3. The highest BCUT2D eigenvalue weighted by atomic mass is 79.9. The van der Waals surface area contributed by atoms with Crippen molar-refractivity contribution in [2.45, 2.75) is 27.9 Å². The van der Waals surface area contributed by atoms with Crippen molar-refractivity contribution in [2.24, 2.45) is 17.8 Å². The van der Waals surface area contributed by atoms with Crippen LogP contribution in [0.3, 0.4) is 0 Å². The molecule has 0 radical (unpaired) electrons. The molecule has 0 heterocycles. The van der Waals surface area contributed by atoms with E-state index in [1.54, 1.807) is 0 Å². The molecule has 70 valence electrons. The van der Waals surface area contributed by atoms with Crippen molar-refractivity contribution < 1.29 is 0 Å². The third-order valence-corrected chi connectivity index (χ3v) is 5.05. The van der Waals surface area contributed by atoms with Crippen LogP contribution in [0.5, 0.6) is 0 Å². The van der Waals surface area contributed by atoms with Crippen LogP contribution in [0.25, 0.3) is 0 Å². The molecule has 2 bridgehead atoms. The maximum Gasteiger partial charge on any atom is 0.193 e. The third kappa shape index (κ3) is 1.63. The fraction of sp³-hybridized carbons (Fsp3) is 1.00. The zero-order chi connectivity index (χ0) is 8.93. The quantitative estimate of drug-likeness (QED) is 0.588. The van der Waals surface area contributed by atoms with Crippen LogP contribution >= 0.6 is 50.7 Å². The summed E-state index contributed by atoms with van der Waals surface area (Å²) in [4.78, 5) is 0.580. The zero-order valence-electron chi connectivity index (χ0n) is 6.44. The van der Waals surface area contributed by atoms with Crippen LogP contribution < -0.4 is 0 Å². The van der Waals surface area contributed by atoms with Gasteiger partial charge in [0.25, 0.3) is 0 Å². The number of halogens is 4. The van der Waals surface area contributed by atoms with E-state index in [1.165, 1.54) is 12.8 Å². The Morgan fingerprint density at radius 1 is 1.08 bits per heavy atom. The summed E-state index contributed by atoms with van der Waals surface area (Å²) in [5, 5.41) is 0. The standard InChI is InChI=1S/C8H10BrCl3/c9-7-3-4-1-5(7)6(2-4)8(10,11)12/h4-7H,1-3H2/t4?,5?,6-,7-/m0/s1. The van der Waals surface area contributed by atoms with Gasteiger partial charge in [-0.3, -0.25) is 0 Å². The number of hydrogen-bond acceptors (Lipinski definition) is 0. The summed E-state index contributed by atoms with van der Waals surface area (Å²) in [5.74, 6) is 1.65. The molecule has 2 aliphatic carbocycles. The van der Waals surface area contributed by atoms with Crippen molar-refractivity contribution in [3.8, 4) is 0 Å². The zero-order valence-corrected chi connectivity index (χ0v) is 10.3. The van der Waals surface area contributed by atoms with E-state index in [9.17, 15) is 0 Å². The normalized spacial score (nSPS) is 47.0. The number of rotatable bonds is 0. The van der Waals surface area contributed by atoms with Gasteiger partial charge >= 0.3 is 0 Å². The maximum atomic E-state index is 5.91. The lowest BCUT2D eigenvalue weighted by Crippen LogP contribution is -2.30. The molecule has 2 unspecified atom stereocenters. The van der Waals surface area contributed by atoms with Crippen molar-refractivity contribution in [3.63, 3.8) is 0 Å². The first-order valence-electron chi connectivity index (χ1n) is 4.19. The molecule has 0 aromatic carbocycles. The molecule has 4 atom stereocenters. The minimum atomic E-state index is -1.05. The van der Waals surface area contributed by atoms with E-state index >= 15 is 0 Å². The lowest BCUT2D eigenvalue weighted by atomic mass is 9.90. The van der Waals surface area contributed by atoms with Crippen LogP contribution in [0, 0.1) is 17.8 Å². The topological polar surface area (TPSA) is 0 Å². The molecule has 2 aliphatic rings. The lowest BCUT2D eigenvalue weighted by Gasteiger charge is -2.31. The minimum absolute atomic E-state index is 0.269. The summed E-state index contributed by atoms with van der Waals surface area (Å²) in [5.41, 5.74) is 0. The van der Waals surface area contributed by atoms with Gasteiger partial charge in [0.2, 0.25) is 0 Å². The fourth-order valence-corrected chi connectivity index (χ4v) is 4.51. The van der Waals surface area contributed by atoms with Gasteiger partial charge in [-0.25, -0.2) is 0 Å². The van der Waals surface area contributed by atoms with Gasteiger partial charge in [-0.2, -0.15) is 0 Å². The second-order valence-corrected chi connectivity index (χ2v) is 7.45.